The SMILES string of the molecule is CCCCOC(=O)C(C)OC(C)OC(C)C(=O)OCCCC. The topological polar surface area (TPSA) is 71.1 Å². The Labute approximate surface area is 133 Å². The largest absolute Gasteiger partial charge is 0.464 e. The molecule has 0 bridgehead atoms. The summed E-state index contributed by atoms with van der Waals surface area (Å²) in [7, 11) is 0. The van der Waals surface area contributed by atoms with Crippen LogP contribution in [0.4, 0.5) is 0 Å². The molecule has 0 fully saturated rings. The van der Waals surface area contributed by atoms with Crippen LogP contribution >= 0.6 is 0 Å². The highest BCUT2D eigenvalue weighted by Gasteiger charge is 2.22. The van der Waals surface area contributed by atoms with Crippen molar-refractivity contribution < 1.29 is 28.5 Å². The van der Waals surface area contributed by atoms with Gasteiger partial charge in [-0.1, -0.05) is 26.7 Å². The number of hydrogen-bond donors (Lipinski definition) is 0. The van der Waals surface area contributed by atoms with Crippen LogP contribution in [0.2, 0.25) is 0 Å². The zero-order valence-electron chi connectivity index (χ0n) is 14.4. The Morgan fingerprint density at radius 3 is 1.45 bits per heavy atom. The van der Waals surface area contributed by atoms with Gasteiger partial charge in [0.05, 0.1) is 13.2 Å². The van der Waals surface area contributed by atoms with Crippen LogP contribution in [0.5, 0.6) is 0 Å². The molecular formula is C16H30O6. The maximum atomic E-state index is 11.7. The molecule has 0 aliphatic heterocycles. The highest BCUT2D eigenvalue weighted by molar-refractivity contribution is 5.74. The fourth-order valence-corrected chi connectivity index (χ4v) is 1.59. The fourth-order valence-electron chi connectivity index (χ4n) is 1.59. The Hall–Kier alpha value is -1.14. The predicted octanol–water partition coefficient (Wildman–Crippen LogP) is 2.83. The van der Waals surface area contributed by atoms with Crippen LogP contribution in [-0.4, -0.2) is 43.7 Å². The minimum absolute atomic E-state index is 0.387. The van der Waals surface area contributed by atoms with E-state index in [4.69, 9.17) is 18.9 Å². The second-order valence-electron chi connectivity index (χ2n) is 5.17. The zero-order valence-corrected chi connectivity index (χ0v) is 14.4. The van der Waals surface area contributed by atoms with Crippen molar-refractivity contribution in [2.75, 3.05) is 13.2 Å². The Bertz CT molecular complexity index is 288. The zero-order chi connectivity index (χ0) is 17.0. The quantitative estimate of drug-likeness (QED) is 0.313. The van der Waals surface area contributed by atoms with E-state index >= 15 is 0 Å². The Balaban J connectivity index is 4.01. The van der Waals surface area contributed by atoms with E-state index in [1.807, 2.05) is 13.8 Å². The first-order valence-corrected chi connectivity index (χ1v) is 8.06. The molecule has 130 valence electrons. The molecule has 0 N–H and O–H groups in total. The van der Waals surface area contributed by atoms with Gasteiger partial charge < -0.3 is 18.9 Å². The number of ether oxygens (including phenoxy) is 4. The Morgan fingerprint density at radius 2 is 1.14 bits per heavy atom. The first-order valence-electron chi connectivity index (χ1n) is 8.06. The van der Waals surface area contributed by atoms with Gasteiger partial charge >= 0.3 is 11.9 Å². The van der Waals surface area contributed by atoms with E-state index in [0.717, 1.165) is 25.7 Å². The summed E-state index contributed by atoms with van der Waals surface area (Å²) in [5, 5.41) is 0. The van der Waals surface area contributed by atoms with E-state index in [9.17, 15) is 9.59 Å². The molecule has 0 aromatic carbocycles. The number of carbonyl (C=O) groups is 2. The van der Waals surface area contributed by atoms with Crippen LogP contribution in [-0.2, 0) is 28.5 Å². The van der Waals surface area contributed by atoms with Crippen LogP contribution in [0, 0.1) is 0 Å². The van der Waals surface area contributed by atoms with Crippen LogP contribution in [0.1, 0.15) is 60.3 Å². The lowest BCUT2D eigenvalue weighted by atomic mass is 10.3. The molecule has 0 heterocycles. The third-order valence-electron chi connectivity index (χ3n) is 2.94. The summed E-state index contributed by atoms with van der Waals surface area (Å²) < 4.78 is 20.9. The molecule has 6 nitrogen and oxygen atoms in total. The highest BCUT2D eigenvalue weighted by Crippen LogP contribution is 2.07. The minimum atomic E-state index is -0.741. The van der Waals surface area contributed by atoms with Gasteiger partial charge in [-0.15, -0.1) is 0 Å². The molecule has 2 atom stereocenters. The van der Waals surface area contributed by atoms with Gasteiger partial charge in [0, 0.05) is 0 Å². The van der Waals surface area contributed by atoms with E-state index in [1.54, 1.807) is 20.8 Å². The summed E-state index contributed by atoms with van der Waals surface area (Å²) in [4.78, 5) is 23.3. The summed E-state index contributed by atoms with van der Waals surface area (Å²) in [5.74, 6) is -0.857. The van der Waals surface area contributed by atoms with Crippen molar-refractivity contribution in [3.8, 4) is 0 Å². The van der Waals surface area contributed by atoms with Crippen molar-refractivity contribution in [1.29, 1.82) is 0 Å². The number of hydrogen-bond acceptors (Lipinski definition) is 6. The first-order chi connectivity index (χ1) is 10.4. The smallest absolute Gasteiger partial charge is 0.335 e. The van der Waals surface area contributed by atoms with Crippen LogP contribution in [0.3, 0.4) is 0 Å². The molecule has 0 radical (unpaired) electrons. The molecule has 0 aromatic heterocycles. The van der Waals surface area contributed by atoms with Crippen LogP contribution in [0.25, 0.3) is 0 Å². The maximum Gasteiger partial charge on any atom is 0.335 e. The average Bonchev–Trinajstić information content (AvgIpc) is 2.47. The van der Waals surface area contributed by atoms with Gasteiger partial charge in [-0.2, -0.15) is 0 Å². The van der Waals surface area contributed by atoms with Gasteiger partial charge in [-0.25, -0.2) is 9.59 Å². The molecule has 0 aromatic rings. The van der Waals surface area contributed by atoms with Crippen molar-refractivity contribution in [2.45, 2.75) is 78.8 Å². The minimum Gasteiger partial charge on any atom is -0.464 e. The van der Waals surface area contributed by atoms with Gasteiger partial charge in [-0.05, 0) is 33.6 Å². The lowest BCUT2D eigenvalue weighted by Crippen LogP contribution is -2.33. The van der Waals surface area contributed by atoms with Crippen molar-refractivity contribution in [3.05, 3.63) is 0 Å². The van der Waals surface area contributed by atoms with E-state index in [-0.39, 0.29) is 0 Å². The van der Waals surface area contributed by atoms with Gasteiger partial charge in [0.15, 0.2) is 18.5 Å². The fraction of sp³-hybridized carbons (Fsp3) is 0.875. The molecule has 0 rings (SSSR count). The lowest BCUT2D eigenvalue weighted by Gasteiger charge is -2.21. The van der Waals surface area contributed by atoms with Crippen LogP contribution in [0.15, 0.2) is 0 Å². The lowest BCUT2D eigenvalue weighted by molar-refractivity contribution is -0.204. The molecule has 0 saturated carbocycles. The summed E-state index contributed by atoms with van der Waals surface area (Å²) in [6.45, 7) is 9.63. The summed E-state index contributed by atoms with van der Waals surface area (Å²) in [6, 6.07) is 0. The molecular weight excluding hydrogens is 288 g/mol. The summed E-state index contributed by atoms with van der Waals surface area (Å²) >= 11 is 0. The number of rotatable bonds is 12. The molecule has 22 heavy (non-hydrogen) atoms. The molecule has 2 unspecified atom stereocenters. The average molecular weight is 318 g/mol. The van der Waals surface area contributed by atoms with Crippen molar-refractivity contribution in [1.82, 2.24) is 0 Å². The molecule has 0 aliphatic rings. The van der Waals surface area contributed by atoms with E-state index in [1.165, 1.54) is 0 Å². The monoisotopic (exact) mass is 318 g/mol. The van der Waals surface area contributed by atoms with Gasteiger partial charge in [0.2, 0.25) is 0 Å². The second kappa shape index (κ2) is 12.4. The van der Waals surface area contributed by atoms with Crippen molar-refractivity contribution in [3.63, 3.8) is 0 Å². The number of esters is 2. The Kier molecular flexibility index (Phi) is 11.8. The standard InChI is InChI=1S/C16H30O6/c1-6-8-10-19-15(17)12(3)21-14(5)22-13(4)16(18)20-11-9-7-2/h12-14H,6-11H2,1-5H3. The number of unbranched alkanes of at least 4 members (excludes halogenated alkanes) is 2. The molecule has 0 aliphatic carbocycles. The summed E-state index contributed by atoms with van der Waals surface area (Å²) in [5.41, 5.74) is 0. The first kappa shape index (κ1) is 20.9. The molecule has 0 saturated heterocycles. The van der Waals surface area contributed by atoms with E-state index < -0.39 is 30.4 Å². The normalized spacial score (nSPS) is 15.0. The van der Waals surface area contributed by atoms with E-state index in [0.29, 0.717) is 13.2 Å². The predicted molar refractivity (Wildman–Crippen MR) is 82.3 cm³/mol. The third kappa shape index (κ3) is 9.73. The van der Waals surface area contributed by atoms with Gasteiger partial charge in [0.1, 0.15) is 0 Å². The highest BCUT2D eigenvalue weighted by atomic mass is 16.7. The summed E-state index contributed by atoms with van der Waals surface area (Å²) in [6.07, 6.45) is 1.38. The molecule has 0 amide bonds. The van der Waals surface area contributed by atoms with Crippen molar-refractivity contribution >= 4 is 11.9 Å². The molecule has 0 spiro atoms. The van der Waals surface area contributed by atoms with Gasteiger partial charge in [0.25, 0.3) is 0 Å². The second-order valence-corrected chi connectivity index (χ2v) is 5.17. The van der Waals surface area contributed by atoms with Crippen molar-refractivity contribution in [2.24, 2.45) is 0 Å². The molecule has 6 heteroatoms. The maximum absolute atomic E-state index is 11.7. The van der Waals surface area contributed by atoms with Gasteiger partial charge in [-0.3, -0.25) is 0 Å². The third-order valence-corrected chi connectivity index (χ3v) is 2.94. The van der Waals surface area contributed by atoms with E-state index in [2.05, 4.69) is 0 Å². The Morgan fingerprint density at radius 1 is 0.773 bits per heavy atom. The van der Waals surface area contributed by atoms with Crippen LogP contribution < -0.4 is 0 Å². The number of carbonyl (C=O) groups excluding carboxylic acids is 2.